The molecule has 0 saturated heterocycles. The molecule has 0 aliphatic heterocycles. The van der Waals surface area contributed by atoms with Crippen molar-refractivity contribution in [2.75, 3.05) is 0 Å². The van der Waals surface area contributed by atoms with Gasteiger partial charge in [-0.25, -0.2) is 15.0 Å². The van der Waals surface area contributed by atoms with Crippen LogP contribution in [0.1, 0.15) is 6.85 Å². The second-order valence-corrected chi connectivity index (χ2v) is 12.0. The molecule has 3 heterocycles. The number of rotatable bonds is 5. The molecule has 0 fully saturated rings. The number of benzene rings is 7. The molecular weight excluding hydrogens is 615 g/mol. The first-order valence-corrected chi connectivity index (χ1v) is 16.2. The van der Waals surface area contributed by atoms with Gasteiger partial charge < -0.3 is 8.83 Å². The Labute approximate surface area is 294 Å². The summed E-state index contributed by atoms with van der Waals surface area (Å²) in [6.07, 6.45) is 0. The number of para-hydroxylation sites is 1. The number of hydrogen-bond acceptors (Lipinski definition) is 5. The van der Waals surface area contributed by atoms with Crippen molar-refractivity contribution < 1.29 is 15.7 Å². The Morgan fingerprint density at radius 2 is 0.980 bits per heavy atom. The lowest BCUT2D eigenvalue weighted by Gasteiger charge is -2.10. The fourth-order valence-corrected chi connectivity index (χ4v) is 6.78. The zero-order chi connectivity index (χ0) is 37.4. The lowest BCUT2D eigenvalue weighted by molar-refractivity contribution is 0.669. The summed E-state index contributed by atoms with van der Waals surface area (Å²) in [6, 6.07) is 40.9. The van der Waals surface area contributed by atoms with Gasteiger partial charge in [0.25, 0.3) is 0 Å². The van der Waals surface area contributed by atoms with Crippen molar-refractivity contribution in [3.8, 4) is 56.4 Å². The van der Waals surface area contributed by atoms with E-state index in [1.807, 2.05) is 133 Å². The predicted octanol–water partition coefficient (Wildman–Crippen LogP) is 12.0. The quantitative estimate of drug-likeness (QED) is 0.186. The molecule has 0 atom stereocenters. The minimum atomic E-state index is -0.458. The van der Waals surface area contributed by atoms with Crippen LogP contribution in [-0.2, 0) is 0 Å². The van der Waals surface area contributed by atoms with E-state index in [2.05, 4.69) is 0 Å². The van der Waals surface area contributed by atoms with Gasteiger partial charge in [0.1, 0.15) is 22.3 Å². The SMILES string of the molecule is [2H]c1c([2H])c([2H])c(-c2cc(-c3ccccc3)cc3c2oc2cccc(-c4nc(-c5ccccc5)nc(-c5cccc6oc7ccccc7c56)n4)c23)c([2H])c1[2H]. The van der Waals surface area contributed by atoms with Crippen molar-refractivity contribution in [1.82, 2.24) is 15.0 Å². The molecule has 5 heteroatoms. The van der Waals surface area contributed by atoms with Crippen LogP contribution in [0.5, 0.6) is 0 Å². The Hall–Kier alpha value is -6.85. The Morgan fingerprint density at radius 1 is 0.400 bits per heavy atom. The summed E-state index contributed by atoms with van der Waals surface area (Å²) in [7, 11) is 0. The fraction of sp³-hybridized carbons (Fsp3) is 0. The maximum absolute atomic E-state index is 8.89. The first kappa shape index (κ1) is 23.5. The van der Waals surface area contributed by atoms with Gasteiger partial charge in [-0.05, 0) is 47.0 Å². The van der Waals surface area contributed by atoms with Crippen molar-refractivity contribution in [2.24, 2.45) is 0 Å². The third-order valence-corrected chi connectivity index (χ3v) is 9.02. The van der Waals surface area contributed by atoms with E-state index < -0.39 is 18.1 Å². The molecule has 50 heavy (non-hydrogen) atoms. The van der Waals surface area contributed by atoms with Crippen LogP contribution in [0.15, 0.2) is 173 Å². The summed E-state index contributed by atoms with van der Waals surface area (Å²) in [4.78, 5) is 15.3. The van der Waals surface area contributed by atoms with Crippen LogP contribution < -0.4 is 0 Å². The average Bonchev–Trinajstić information content (AvgIpc) is 3.81. The smallest absolute Gasteiger partial charge is 0.164 e. The van der Waals surface area contributed by atoms with Crippen LogP contribution in [0.3, 0.4) is 0 Å². The van der Waals surface area contributed by atoms with Gasteiger partial charge in [0.2, 0.25) is 0 Å². The van der Waals surface area contributed by atoms with Gasteiger partial charge in [-0.15, -0.1) is 0 Å². The maximum Gasteiger partial charge on any atom is 0.164 e. The highest BCUT2D eigenvalue weighted by Gasteiger charge is 2.22. The number of aromatic nitrogens is 3. The van der Waals surface area contributed by atoms with Crippen LogP contribution in [0.4, 0.5) is 0 Å². The summed E-state index contributed by atoms with van der Waals surface area (Å²) < 4.78 is 55.8. The monoisotopic (exact) mass is 646 g/mol. The zero-order valence-corrected chi connectivity index (χ0v) is 26.4. The maximum atomic E-state index is 8.89. The lowest BCUT2D eigenvalue weighted by Crippen LogP contribution is -2.00. The third-order valence-electron chi connectivity index (χ3n) is 9.02. The Bertz CT molecular complexity index is 3130. The number of furan rings is 2. The largest absolute Gasteiger partial charge is 0.456 e. The van der Waals surface area contributed by atoms with Crippen molar-refractivity contribution in [2.45, 2.75) is 0 Å². The van der Waals surface area contributed by atoms with Crippen LogP contribution >= 0.6 is 0 Å². The van der Waals surface area contributed by atoms with E-state index in [0.717, 1.165) is 44.2 Å². The number of fused-ring (bicyclic) bond motifs is 6. The van der Waals surface area contributed by atoms with Gasteiger partial charge in [0.05, 0.1) is 6.85 Å². The third kappa shape index (κ3) is 4.60. The standard InChI is InChI=1S/C45H27N3O2/c1-4-14-28(15-5-1)31-26-35(29-16-6-2-7-17-29)42-36(27-31)41-34(22-13-25-39(41)50-42)45-47-43(30-18-8-3-9-19-30)46-44(48-45)33-21-12-24-38-40(33)32-20-10-11-23-37(32)49-38/h1-27H/i2D,6D,7D,16D,17D. The second kappa shape index (κ2) is 11.4. The zero-order valence-electron chi connectivity index (χ0n) is 31.4. The van der Waals surface area contributed by atoms with Gasteiger partial charge in [-0.1, -0.05) is 133 Å². The highest BCUT2D eigenvalue weighted by atomic mass is 16.3. The first-order chi connectivity index (χ1) is 26.9. The Morgan fingerprint density at radius 3 is 1.70 bits per heavy atom. The van der Waals surface area contributed by atoms with Gasteiger partial charge >= 0.3 is 0 Å². The molecule has 3 aromatic heterocycles. The van der Waals surface area contributed by atoms with Crippen molar-refractivity contribution in [1.29, 1.82) is 0 Å². The average molecular weight is 647 g/mol. The molecule has 0 bridgehead atoms. The topological polar surface area (TPSA) is 65.0 Å². The van der Waals surface area contributed by atoms with E-state index in [-0.39, 0.29) is 17.6 Å². The van der Waals surface area contributed by atoms with Crippen LogP contribution in [-0.4, -0.2) is 15.0 Å². The van der Waals surface area contributed by atoms with Gasteiger partial charge in [0.15, 0.2) is 17.5 Å². The molecule has 5 nitrogen and oxygen atoms in total. The number of hydrogen-bond donors (Lipinski definition) is 0. The molecule has 0 amide bonds. The summed E-state index contributed by atoms with van der Waals surface area (Å²) in [5.41, 5.74) is 6.80. The van der Waals surface area contributed by atoms with E-state index in [9.17, 15) is 0 Å². The molecular formula is C45H27N3O2. The molecule has 0 saturated carbocycles. The minimum absolute atomic E-state index is 0.0589. The van der Waals surface area contributed by atoms with E-state index in [1.165, 1.54) is 0 Å². The minimum Gasteiger partial charge on any atom is -0.456 e. The van der Waals surface area contributed by atoms with E-state index in [1.54, 1.807) is 0 Å². The molecule has 0 radical (unpaired) electrons. The van der Waals surface area contributed by atoms with Gasteiger partial charge in [-0.3, -0.25) is 0 Å². The normalized spacial score (nSPS) is 13.0. The van der Waals surface area contributed by atoms with Gasteiger partial charge in [-0.2, -0.15) is 0 Å². The molecule has 7 aromatic carbocycles. The van der Waals surface area contributed by atoms with Crippen molar-refractivity contribution >= 4 is 43.9 Å². The molecule has 10 rings (SSSR count). The van der Waals surface area contributed by atoms with Crippen LogP contribution in [0, 0.1) is 0 Å². The fourth-order valence-electron chi connectivity index (χ4n) is 6.78. The highest BCUT2D eigenvalue weighted by Crippen LogP contribution is 2.43. The predicted molar refractivity (Wildman–Crippen MR) is 202 cm³/mol. The lowest BCUT2D eigenvalue weighted by atomic mass is 9.95. The number of nitrogens with zero attached hydrogens (tertiary/aromatic N) is 3. The van der Waals surface area contributed by atoms with Crippen molar-refractivity contribution in [3.05, 3.63) is 164 Å². The Balaban J connectivity index is 1.29. The molecule has 0 spiro atoms. The molecule has 10 aromatic rings. The highest BCUT2D eigenvalue weighted by molar-refractivity contribution is 6.16. The van der Waals surface area contributed by atoms with Crippen LogP contribution in [0.25, 0.3) is 100 Å². The first-order valence-electron chi connectivity index (χ1n) is 18.7. The molecule has 0 aliphatic carbocycles. The summed E-state index contributed by atoms with van der Waals surface area (Å²) in [5.74, 6) is 1.37. The Kier molecular flexibility index (Phi) is 5.35. The summed E-state index contributed by atoms with van der Waals surface area (Å²) in [5, 5.41) is 3.25. The molecule has 0 N–H and O–H groups in total. The van der Waals surface area contributed by atoms with Crippen LogP contribution in [0.2, 0.25) is 0 Å². The van der Waals surface area contributed by atoms with Gasteiger partial charge in [0, 0.05) is 43.8 Å². The van der Waals surface area contributed by atoms with E-state index >= 15 is 0 Å². The summed E-state index contributed by atoms with van der Waals surface area (Å²) in [6.45, 7) is 0. The summed E-state index contributed by atoms with van der Waals surface area (Å²) >= 11 is 0. The molecule has 234 valence electrons. The molecule has 0 aliphatic rings. The molecule has 0 unspecified atom stereocenters. The second-order valence-electron chi connectivity index (χ2n) is 12.0. The van der Waals surface area contributed by atoms with Crippen molar-refractivity contribution in [3.63, 3.8) is 0 Å². The van der Waals surface area contributed by atoms with E-state index in [4.69, 9.17) is 30.6 Å². The van der Waals surface area contributed by atoms with E-state index in [0.29, 0.717) is 50.5 Å².